The number of hydrogen-bond donors (Lipinski definition) is 3. The van der Waals surface area contributed by atoms with Gasteiger partial charge < -0.3 is 30.5 Å². The highest BCUT2D eigenvalue weighted by Gasteiger charge is 2.66. The summed E-state index contributed by atoms with van der Waals surface area (Å²) in [6.45, 7) is 4.11. The first-order chi connectivity index (χ1) is 15.4. The zero-order chi connectivity index (χ0) is 22.9. The van der Waals surface area contributed by atoms with Crippen molar-refractivity contribution in [1.82, 2.24) is 10.2 Å². The Labute approximate surface area is 186 Å². The van der Waals surface area contributed by atoms with Gasteiger partial charge in [-0.25, -0.2) is 9.59 Å². The van der Waals surface area contributed by atoms with Gasteiger partial charge in [-0.3, -0.25) is 9.98 Å². The van der Waals surface area contributed by atoms with E-state index in [0.29, 0.717) is 17.8 Å². The van der Waals surface area contributed by atoms with Gasteiger partial charge in [-0.15, -0.1) is 0 Å². The standard InChI is InChI=1S/C22H29N5O5/c1-3-4-10-17-25-15(12-31-21(23)30)18-22(26-13(2)24-18)19(28)16(11-27(17)22)32-20(29)14-8-6-5-7-9-14/h5-9,15-16,18-19,28H,3-4,10-12H2,1-2H3,(H2,23,30)(H,24,26). The van der Waals surface area contributed by atoms with Crippen molar-refractivity contribution >= 4 is 23.7 Å². The Kier molecular flexibility index (Phi) is 6.05. The van der Waals surface area contributed by atoms with E-state index in [1.165, 1.54) is 0 Å². The minimum Gasteiger partial charge on any atom is -0.454 e. The van der Waals surface area contributed by atoms with E-state index in [0.717, 1.165) is 18.7 Å². The number of ether oxygens (including phenoxy) is 2. The fourth-order valence-corrected chi connectivity index (χ4v) is 4.79. The number of aliphatic hydroxyl groups is 1. The van der Waals surface area contributed by atoms with Crippen LogP contribution in [0.15, 0.2) is 40.3 Å². The second kappa shape index (κ2) is 8.78. The predicted molar refractivity (Wildman–Crippen MR) is 117 cm³/mol. The summed E-state index contributed by atoms with van der Waals surface area (Å²) in [7, 11) is 0. The molecule has 5 atom stereocenters. The topological polar surface area (TPSA) is 139 Å². The number of nitrogens with zero attached hydrogens (tertiary/aromatic N) is 3. The molecule has 0 aromatic heterocycles. The number of amides is 1. The first-order valence-corrected chi connectivity index (χ1v) is 10.9. The number of carbonyl (C=O) groups is 2. The van der Waals surface area contributed by atoms with E-state index in [2.05, 4.69) is 17.2 Å². The van der Waals surface area contributed by atoms with E-state index in [9.17, 15) is 14.7 Å². The van der Waals surface area contributed by atoms with Crippen LogP contribution >= 0.6 is 0 Å². The predicted octanol–water partition coefficient (Wildman–Crippen LogP) is 1.04. The van der Waals surface area contributed by atoms with E-state index in [1.54, 1.807) is 31.2 Å². The van der Waals surface area contributed by atoms with Crippen LogP contribution < -0.4 is 11.1 Å². The summed E-state index contributed by atoms with van der Waals surface area (Å²) in [4.78, 5) is 35.4. The maximum absolute atomic E-state index is 12.7. The number of amidine groups is 2. The monoisotopic (exact) mass is 443 g/mol. The molecule has 10 nitrogen and oxygen atoms in total. The zero-order valence-electron chi connectivity index (χ0n) is 18.2. The minimum absolute atomic E-state index is 0.0507. The molecule has 0 bridgehead atoms. The second-order valence-corrected chi connectivity index (χ2v) is 8.32. The Morgan fingerprint density at radius 2 is 2.06 bits per heavy atom. The molecule has 0 radical (unpaired) electrons. The molecule has 0 aliphatic carbocycles. The second-order valence-electron chi connectivity index (χ2n) is 8.32. The average molecular weight is 444 g/mol. The highest BCUT2D eigenvalue weighted by atomic mass is 16.6. The van der Waals surface area contributed by atoms with Gasteiger partial charge in [-0.1, -0.05) is 31.5 Å². The lowest BCUT2D eigenvalue weighted by Gasteiger charge is -2.47. The zero-order valence-corrected chi connectivity index (χ0v) is 18.2. The SMILES string of the molecule is CCCCC1=NC(COC(N)=O)C2N=C(C)NC23C(O)C(OC(=O)c2ccccc2)CN13. The van der Waals surface area contributed by atoms with Gasteiger partial charge in [-0.2, -0.15) is 0 Å². The number of aliphatic imine (C=N–C) groups is 2. The molecule has 3 aliphatic rings. The number of esters is 1. The molecule has 1 amide bonds. The number of nitrogens with one attached hydrogen (secondary N) is 1. The van der Waals surface area contributed by atoms with Crippen molar-refractivity contribution in [3.8, 4) is 0 Å². The maximum Gasteiger partial charge on any atom is 0.404 e. The fraction of sp³-hybridized carbons (Fsp3) is 0.545. The van der Waals surface area contributed by atoms with Crippen molar-refractivity contribution in [3.63, 3.8) is 0 Å². The molecule has 4 N–H and O–H groups in total. The largest absolute Gasteiger partial charge is 0.454 e. The Morgan fingerprint density at radius 3 is 2.75 bits per heavy atom. The average Bonchev–Trinajstić information content (AvgIpc) is 3.27. The molecule has 4 rings (SSSR count). The summed E-state index contributed by atoms with van der Waals surface area (Å²) in [5, 5.41) is 14.8. The maximum atomic E-state index is 12.7. The lowest BCUT2D eigenvalue weighted by Crippen LogP contribution is -2.71. The van der Waals surface area contributed by atoms with E-state index in [4.69, 9.17) is 20.2 Å². The van der Waals surface area contributed by atoms with Gasteiger partial charge in [0.1, 0.15) is 36.7 Å². The van der Waals surface area contributed by atoms with Crippen LogP contribution in [0.4, 0.5) is 4.79 Å². The van der Waals surface area contributed by atoms with Gasteiger partial charge >= 0.3 is 12.1 Å². The number of unbranched alkanes of at least 4 members (excludes halogenated alkanes) is 1. The first kappa shape index (κ1) is 22.1. The molecule has 10 heteroatoms. The van der Waals surface area contributed by atoms with Crippen molar-refractivity contribution < 1.29 is 24.2 Å². The number of rotatable bonds is 7. The van der Waals surface area contributed by atoms with Crippen LogP contribution in [0.1, 0.15) is 43.5 Å². The Morgan fingerprint density at radius 1 is 1.31 bits per heavy atom. The third kappa shape index (κ3) is 3.79. The van der Waals surface area contributed by atoms with Crippen LogP contribution in [0.25, 0.3) is 0 Å². The summed E-state index contributed by atoms with van der Waals surface area (Å²) in [5.74, 6) is 0.889. The smallest absolute Gasteiger partial charge is 0.404 e. The normalized spacial score (nSPS) is 30.5. The Hall–Kier alpha value is -3.14. The van der Waals surface area contributed by atoms with Crippen LogP contribution in [0.2, 0.25) is 0 Å². The summed E-state index contributed by atoms with van der Waals surface area (Å²) < 4.78 is 10.8. The number of hydrogen-bond acceptors (Lipinski definition) is 9. The Bertz CT molecular complexity index is 936. The Balaban J connectivity index is 1.65. The number of benzene rings is 1. The van der Waals surface area contributed by atoms with Gasteiger partial charge in [0.05, 0.1) is 17.9 Å². The summed E-state index contributed by atoms with van der Waals surface area (Å²) in [5.41, 5.74) is 4.55. The highest BCUT2D eigenvalue weighted by molar-refractivity contribution is 5.91. The van der Waals surface area contributed by atoms with Crippen molar-refractivity contribution in [1.29, 1.82) is 0 Å². The molecule has 172 valence electrons. The molecule has 1 aromatic carbocycles. The number of primary amides is 1. The molecule has 1 saturated heterocycles. The van der Waals surface area contributed by atoms with Crippen LogP contribution in [-0.4, -0.2) is 76.8 Å². The molecule has 1 aromatic rings. The quantitative estimate of drug-likeness (QED) is 0.535. The number of aliphatic hydroxyl groups excluding tert-OH is 1. The lowest BCUT2D eigenvalue weighted by molar-refractivity contribution is -0.0366. The third-order valence-electron chi connectivity index (χ3n) is 6.19. The molecule has 5 unspecified atom stereocenters. The van der Waals surface area contributed by atoms with Gasteiger partial charge in [0.25, 0.3) is 0 Å². The molecule has 0 saturated carbocycles. The van der Waals surface area contributed by atoms with Crippen molar-refractivity contribution in [2.45, 2.75) is 63.1 Å². The van der Waals surface area contributed by atoms with Gasteiger partial charge in [-0.05, 0) is 25.5 Å². The summed E-state index contributed by atoms with van der Waals surface area (Å²) >= 11 is 0. The minimum atomic E-state index is -1.08. The molecule has 1 fully saturated rings. The van der Waals surface area contributed by atoms with Crippen molar-refractivity contribution in [2.75, 3.05) is 13.2 Å². The molecule has 32 heavy (non-hydrogen) atoms. The molecular weight excluding hydrogens is 414 g/mol. The summed E-state index contributed by atoms with van der Waals surface area (Å²) in [6, 6.07) is 7.62. The number of nitrogens with two attached hydrogens (primary N) is 1. The first-order valence-electron chi connectivity index (χ1n) is 10.9. The van der Waals surface area contributed by atoms with E-state index >= 15 is 0 Å². The molecule has 3 aliphatic heterocycles. The van der Waals surface area contributed by atoms with Gasteiger partial charge in [0, 0.05) is 6.42 Å². The fourth-order valence-electron chi connectivity index (χ4n) is 4.79. The summed E-state index contributed by atoms with van der Waals surface area (Å²) in [6.07, 6.45) is -0.232. The third-order valence-corrected chi connectivity index (χ3v) is 6.19. The number of carbonyl (C=O) groups excluding carboxylic acids is 2. The van der Waals surface area contributed by atoms with Gasteiger partial charge in [0.15, 0.2) is 5.66 Å². The molecule has 1 spiro atoms. The van der Waals surface area contributed by atoms with Crippen LogP contribution in [0.5, 0.6) is 0 Å². The van der Waals surface area contributed by atoms with Crippen molar-refractivity contribution in [2.24, 2.45) is 15.7 Å². The van der Waals surface area contributed by atoms with E-state index < -0.39 is 42.0 Å². The highest BCUT2D eigenvalue weighted by Crippen LogP contribution is 2.42. The molecule has 3 heterocycles. The van der Waals surface area contributed by atoms with Crippen molar-refractivity contribution in [3.05, 3.63) is 35.9 Å². The van der Waals surface area contributed by atoms with Gasteiger partial charge in [0.2, 0.25) is 0 Å². The van der Waals surface area contributed by atoms with E-state index in [1.807, 2.05) is 11.0 Å². The van der Waals surface area contributed by atoms with E-state index in [-0.39, 0.29) is 13.2 Å². The van der Waals surface area contributed by atoms with Crippen LogP contribution in [0, 0.1) is 0 Å². The molecular formula is C22H29N5O5. The van der Waals surface area contributed by atoms with Crippen LogP contribution in [0.3, 0.4) is 0 Å². The van der Waals surface area contributed by atoms with Crippen LogP contribution in [-0.2, 0) is 9.47 Å². The lowest BCUT2D eigenvalue weighted by atomic mass is 9.87.